The van der Waals surface area contributed by atoms with Gasteiger partial charge in [-0.15, -0.1) is 0 Å². The molecule has 6 nitrogen and oxygen atoms in total. The lowest BCUT2D eigenvalue weighted by Gasteiger charge is -2.19. The summed E-state index contributed by atoms with van der Waals surface area (Å²) >= 11 is 5.95. The van der Waals surface area contributed by atoms with Crippen LogP contribution in [-0.4, -0.2) is 33.9 Å². The Hall–Kier alpha value is -2.90. The van der Waals surface area contributed by atoms with Crippen LogP contribution in [-0.2, 0) is 6.18 Å². The molecule has 3 aromatic rings. The summed E-state index contributed by atoms with van der Waals surface area (Å²) in [5, 5.41) is 15.6. The molecule has 2 aromatic carbocycles. The second kappa shape index (κ2) is 9.71. The first-order valence-corrected chi connectivity index (χ1v) is 11.8. The number of nitrogens with zero attached hydrogens (tertiary/aromatic N) is 2. The smallest absolute Gasteiger partial charge is 0.421 e. The zero-order chi connectivity index (χ0) is 23.5. The lowest BCUT2D eigenvalue weighted by Crippen LogP contribution is -2.15. The summed E-state index contributed by atoms with van der Waals surface area (Å²) in [6.07, 6.45) is -3.09. The molecule has 168 valence electrons. The number of hydrogen-bond acceptors (Lipinski definition) is 5. The van der Waals surface area contributed by atoms with Gasteiger partial charge in [0.15, 0.2) is 0 Å². The third-order valence-electron chi connectivity index (χ3n) is 4.59. The van der Waals surface area contributed by atoms with Gasteiger partial charge in [-0.2, -0.15) is 18.2 Å². The van der Waals surface area contributed by atoms with Gasteiger partial charge in [-0.3, -0.25) is 0 Å². The van der Waals surface area contributed by atoms with Gasteiger partial charge in [0, 0.05) is 17.6 Å². The molecule has 0 radical (unpaired) electrons. The summed E-state index contributed by atoms with van der Waals surface area (Å²) < 4.78 is 40.8. The number of carboxylic acids is 1. The van der Waals surface area contributed by atoms with E-state index in [-0.39, 0.29) is 16.5 Å². The molecule has 3 N–H and O–H groups in total. The molecular formula is C21H19ClF3N4O2P. The minimum Gasteiger partial charge on any atom is -0.478 e. The first-order valence-electron chi connectivity index (χ1n) is 9.41. The Labute approximate surface area is 188 Å². The highest BCUT2D eigenvalue weighted by Gasteiger charge is 2.35. The maximum absolute atomic E-state index is 13.6. The summed E-state index contributed by atoms with van der Waals surface area (Å²) in [7, 11) is -0.553. The minimum atomic E-state index is -4.66. The number of halogens is 4. The van der Waals surface area contributed by atoms with Crippen LogP contribution in [0, 0.1) is 0 Å². The summed E-state index contributed by atoms with van der Waals surface area (Å²) in [5.41, 5.74) is -0.230. The van der Waals surface area contributed by atoms with Crippen molar-refractivity contribution in [2.24, 2.45) is 0 Å². The zero-order valence-corrected chi connectivity index (χ0v) is 18.7. The molecule has 1 unspecified atom stereocenters. The molecular weight excluding hydrogens is 464 g/mol. The second-order valence-corrected chi connectivity index (χ2v) is 9.65. The van der Waals surface area contributed by atoms with Gasteiger partial charge < -0.3 is 15.7 Å². The van der Waals surface area contributed by atoms with Crippen LogP contribution in [0.15, 0.2) is 48.7 Å². The average molecular weight is 483 g/mol. The maximum Gasteiger partial charge on any atom is 0.421 e. The molecule has 0 amide bonds. The van der Waals surface area contributed by atoms with Crippen molar-refractivity contribution in [3.05, 3.63) is 64.8 Å². The molecule has 0 aliphatic heterocycles. The van der Waals surface area contributed by atoms with Crippen LogP contribution in [0.5, 0.6) is 0 Å². The highest BCUT2D eigenvalue weighted by molar-refractivity contribution is 7.65. The van der Waals surface area contributed by atoms with Gasteiger partial charge in [0.25, 0.3) is 0 Å². The van der Waals surface area contributed by atoms with Crippen LogP contribution < -0.4 is 15.9 Å². The van der Waals surface area contributed by atoms with E-state index < -0.39 is 31.4 Å². The van der Waals surface area contributed by atoms with Crippen molar-refractivity contribution < 1.29 is 23.1 Å². The quantitative estimate of drug-likeness (QED) is 0.353. The largest absolute Gasteiger partial charge is 0.478 e. The normalized spacial score (nSPS) is 12.3. The molecule has 0 fully saturated rings. The van der Waals surface area contributed by atoms with Crippen molar-refractivity contribution in [2.75, 3.05) is 23.5 Å². The number of carboxylic acid groups (broad SMARTS) is 1. The molecule has 0 saturated carbocycles. The van der Waals surface area contributed by atoms with Gasteiger partial charge in [-0.25, -0.2) is 9.78 Å². The van der Waals surface area contributed by atoms with E-state index in [0.717, 1.165) is 11.5 Å². The van der Waals surface area contributed by atoms with E-state index in [4.69, 9.17) is 16.7 Å². The van der Waals surface area contributed by atoms with E-state index in [1.807, 2.05) is 19.1 Å². The Bertz CT molecular complexity index is 1140. The van der Waals surface area contributed by atoms with Crippen molar-refractivity contribution in [3.63, 3.8) is 0 Å². The highest BCUT2D eigenvalue weighted by atomic mass is 35.5. The molecule has 1 atom stereocenters. The first kappa shape index (κ1) is 23.8. The standard InChI is InChI=1S/C21H19ClF3N4O2P/c1-3-32(2)17-7-5-4-6-16(17)28-18-14(21(23,24)25)11-26-20(29-18)27-12-8-9-13(19(30)31)15(22)10-12/h4-11H,3H2,1-2H3,(H,30,31)(H2,26,27,28,29). The lowest BCUT2D eigenvalue weighted by atomic mass is 10.2. The fourth-order valence-electron chi connectivity index (χ4n) is 2.85. The van der Waals surface area contributed by atoms with E-state index in [9.17, 15) is 18.0 Å². The molecule has 0 saturated heterocycles. The van der Waals surface area contributed by atoms with E-state index in [2.05, 4.69) is 27.3 Å². The zero-order valence-electron chi connectivity index (χ0n) is 17.0. The average Bonchev–Trinajstić information content (AvgIpc) is 2.72. The third kappa shape index (κ3) is 5.47. The third-order valence-corrected chi connectivity index (χ3v) is 7.07. The summed E-state index contributed by atoms with van der Waals surface area (Å²) in [5.74, 6) is -1.69. The van der Waals surface area contributed by atoms with Crippen molar-refractivity contribution in [1.29, 1.82) is 0 Å². The van der Waals surface area contributed by atoms with Gasteiger partial charge in [0.2, 0.25) is 5.95 Å². The number of aromatic nitrogens is 2. The van der Waals surface area contributed by atoms with E-state index in [1.54, 1.807) is 12.1 Å². The number of hydrogen-bond donors (Lipinski definition) is 3. The molecule has 1 heterocycles. The second-order valence-electron chi connectivity index (χ2n) is 6.73. The molecule has 0 bridgehead atoms. The van der Waals surface area contributed by atoms with Gasteiger partial charge in [0.05, 0.1) is 10.6 Å². The van der Waals surface area contributed by atoms with Gasteiger partial charge in [0.1, 0.15) is 11.4 Å². The predicted molar refractivity (Wildman–Crippen MR) is 121 cm³/mol. The van der Waals surface area contributed by atoms with E-state index in [1.165, 1.54) is 18.2 Å². The predicted octanol–water partition coefficient (Wildman–Crippen LogP) is 6.09. The van der Waals surface area contributed by atoms with Crippen LogP contribution in [0.3, 0.4) is 0 Å². The Kier molecular flexibility index (Phi) is 7.21. The number of carbonyl (C=O) groups is 1. The SMILES string of the molecule is CCP(C)c1ccccc1Nc1nc(Nc2ccc(C(=O)O)c(Cl)c2)ncc1C(F)(F)F. The Morgan fingerprint density at radius 1 is 1.19 bits per heavy atom. The maximum atomic E-state index is 13.6. The van der Waals surface area contributed by atoms with Crippen LogP contribution in [0.1, 0.15) is 22.8 Å². The van der Waals surface area contributed by atoms with Crippen molar-refractivity contribution >= 4 is 53.9 Å². The van der Waals surface area contributed by atoms with Crippen LogP contribution >= 0.6 is 19.5 Å². The summed E-state index contributed by atoms with van der Waals surface area (Å²) in [6.45, 7) is 4.08. The van der Waals surface area contributed by atoms with Gasteiger partial charge in [-0.05, 0) is 42.4 Å². The van der Waals surface area contributed by atoms with Gasteiger partial charge >= 0.3 is 12.1 Å². The number of aromatic carboxylic acids is 1. The fourth-order valence-corrected chi connectivity index (χ4v) is 4.33. The van der Waals surface area contributed by atoms with Crippen molar-refractivity contribution in [2.45, 2.75) is 13.1 Å². The Balaban J connectivity index is 1.98. The van der Waals surface area contributed by atoms with Crippen molar-refractivity contribution in [3.8, 4) is 0 Å². The fraction of sp³-hybridized carbons (Fsp3) is 0.190. The molecule has 11 heteroatoms. The first-order chi connectivity index (χ1) is 15.1. The van der Waals surface area contributed by atoms with E-state index >= 15 is 0 Å². The lowest BCUT2D eigenvalue weighted by molar-refractivity contribution is -0.137. The van der Waals surface area contributed by atoms with Crippen LogP contribution in [0.25, 0.3) is 0 Å². The molecule has 0 aliphatic rings. The van der Waals surface area contributed by atoms with Crippen LogP contribution in [0.2, 0.25) is 5.02 Å². The molecule has 0 spiro atoms. The highest BCUT2D eigenvalue weighted by Crippen LogP contribution is 2.37. The number of rotatable bonds is 7. The number of para-hydroxylation sites is 1. The number of benzene rings is 2. The molecule has 3 rings (SSSR count). The van der Waals surface area contributed by atoms with Crippen molar-refractivity contribution in [1.82, 2.24) is 9.97 Å². The van der Waals surface area contributed by atoms with Gasteiger partial charge in [-0.1, -0.05) is 44.6 Å². The number of alkyl halides is 3. The number of nitrogens with one attached hydrogen (secondary N) is 2. The minimum absolute atomic E-state index is 0.0300. The van der Waals surface area contributed by atoms with Crippen LogP contribution in [0.4, 0.5) is 36.3 Å². The topological polar surface area (TPSA) is 87.1 Å². The monoisotopic (exact) mass is 482 g/mol. The molecule has 32 heavy (non-hydrogen) atoms. The Morgan fingerprint density at radius 3 is 2.53 bits per heavy atom. The summed E-state index contributed by atoms with van der Waals surface area (Å²) in [6, 6.07) is 11.2. The van der Waals surface area contributed by atoms with E-state index in [0.29, 0.717) is 17.6 Å². The summed E-state index contributed by atoms with van der Waals surface area (Å²) in [4.78, 5) is 18.9. The Morgan fingerprint density at radius 2 is 1.91 bits per heavy atom. The molecule has 0 aliphatic carbocycles. The molecule has 1 aromatic heterocycles. The number of anilines is 4.